The van der Waals surface area contributed by atoms with E-state index in [0.29, 0.717) is 5.75 Å². The average molecular weight is 354 g/mol. The summed E-state index contributed by atoms with van der Waals surface area (Å²) in [6, 6.07) is 5.69. The molecule has 7 heteroatoms. The minimum absolute atomic E-state index is 0.125. The predicted molar refractivity (Wildman–Crippen MR) is 89.6 cm³/mol. The highest BCUT2D eigenvalue weighted by Gasteiger charge is 2.48. The monoisotopic (exact) mass is 354 g/mol. The van der Waals surface area contributed by atoms with Crippen molar-refractivity contribution in [3.63, 3.8) is 0 Å². The predicted octanol–water partition coefficient (Wildman–Crippen LogP) is 1.20. The van der Waals surface area contributed by atoms with Crippen LogP contribution in [-0.4, -0.2) is 57.1 Å². The Hall–Kier alpha value is -1.67. The van der Waals surface area contributed by atoms with Gasteiger partial charge >= 0.3 is 5.97 Å². The Morgan fingerprint density at radius 2 is 1.52 bits per heavy atom. The smallest absolute Gasteiger partial charge is 0.335 e. The van der Waals surface area contributed by atoms with Crippen LogP contribution in [0.1, 0.15) is 50.7 Å². The number of aliphatic hydroxyl groups is 3. The average Bonchev–Trinajstić information content (AvgIpc) is 2.54. The van der Waals surface area contributed by atoms with Crippen molar-refractivity contribution in [2.75, 3.05) is 0 Å². The molecule has 0 aliphatic carbocycles. The second-order valence-electron chi connectivity index (χ2n) is 6.93. The van der Waals surface area contributed by atoms with E-state index in [-0.39, 0.29) is 11.8 Å². The van der Waals surface area contributed by atoms with Crippen LogP contribution in [0.25, 0.3) is 0 Å². The number of aliphatic carboxylic acids is 1. The normalized spacial score (nSPS) is 29.9. The summed E-state index contributed by atoms with van der Waals surface area (Å²) in [6.45, 7) is 7.96. The van der Waals surface area contributed by atoms with E-state index in [1.807, 2.05) is 45.9 Å². The molecule has 0 radical (unpaired) electrons. The van der Waals surface area contributed by atoms with E-state index in [4.69, 9.17) is 14.6 Å². The minimum Gasteiger partial charge on any atom is -0.479 e. The summed E-state index contributed by atoms with van der Waals surface area (Å²) >= 11 is 0. The van der Waals surface area contributed by atoms with Crippen molar-refractivity contribution >= 4 is 5.97 Å². The quantitative estimate of drug-likeness (QED) is 0.628. The Morgan fingerprint density at radius 3 is 1.96 bits per heavy atom. The maximum atomic E-state index is 11.2. The van der Waals surface area contributed by atoms with Crippen LogP contribution in [0.15, 0.2) is 18.2 Å². The molecular weight excluding hydrogens is 328 g/mol. The van der Waals surface area contributed by atoms with E-state index >= 15 is 0 Å². The number of carbonyl (C=O) groups is 1. The molecule has 4 N–H and O–H groups in total. The molecule has 1 aliphatic rings. The number of benzene rings is 1. The largest absolute Gasteiger partial charge is 0.479 e. The van der Waals surface area contributed by atoms with Crippen molar-refractivity contribution in [2.24, 2.45) is 0 Å². The third-order valence-electron chi connectivity index (χ3n) is 4.37. The molecule has 1 aromatic carbocycles. The first-order valence-electron chi connectivity index (χ1n) is 8.37. The van der Waals surface area contributed by atoms with Crippen LogP contribution < -0.4 is 4.74 Å². The first kappa shape index (κ1) is 19.7. The first-order chi connectivity index (χ1) is 11.6. The van der Waals surface area contributed by atoms with Gasteiger partial charge in [0, 0.05) is 0 Å². The van der Waals surface area contributed by atoms with Crippen molar-refractivity contribution in [2.45, 2.75) is 70.2 Å². The van der Waals surface area contributed by atoms with Crippen molar-refractivity contribution in [3.05, 3.63) is 29.3 Å². The lowest BCUT2D eigenvalue weighted by Gasteiger charge is -2.39. The van der Waals surface area contributed by atoms with E-state index in [1.165, 1.54) is 0 Å². The van der Waals surface area contributed by atoms with Gasteiger partial charge in [0.2, 0.25) is 6.29 Å². The molecule has 1 aromatic rings. The number of para-hydroxylation sites is 1. The molecule has 2 rings (SSSR count). The molecule has 1 unspecified atom stereocenters. The summed E-state index contributed by atoms with van der Waals surface area (Å²) in [5.74, 6) is -0.682. The van der Waals surface area contributed by atoms with E-state index in [9.17, 15) is 20.1 Å². The van der Waals surface area contributed by atoms with Crippen LogP contribution in [0, 0.1) is 0 Å². The Morgan fingerprint density at radius 1 is 1.00 bits per heavy atom. The summed E-state index contributed by atoms with van der Waals surface area (Å²) in [5, 5.41) is 39.0. The van der Waals surface area contributed by atoms with Gasteiger partial charge in [-0.2, -0.15) is 0 Å². The topological polar surface area (TPSA) is 116 Å². The van der Waals surface area contributed by atoms with Gasteiger partial charge in [-0.05, 0) is 23.0 Å². The minimum atomic E-state index is -1.74. The lowest BCUT2D eigenvalue weighted by molar-refractivity contribution is -0.271. The van der Waals surface area contributed by atoms with Gasteiger partial charge in [0.1, 0.15) is 24.1 Å². The Bertz CT molecular complexity index is 587. The maximum Gasteiger partial charge on any atom is 0.335 e. The van der Waals surface area contributed by atoms with E-state index in [2.05, 4.69) is 0 Å². The zero-order chi connectivity index (χ0) is 18.9. The van der Waals surface area contributed by atoms with E-state index in [0.717, 1.165) is 11.1 Å². The van der Waals surface area contributed by atoms with Crippen LogP contribution in [0.2, 0.25) is 0 Å². The van der Waals surface area contributed by atoms with Gasteiger partial charge in [-0.15, -0.1) is 0 Å². The lowest BCUT2D eigenvalue weighted by atomic mass is 9.93. The van der Waals surface area contributed by atoms with Crippen molar-refractivity contribution in [1.29, 1.82) is 0 Å². The molecule has 140 valence electrons. The lowest BCUT2D eigenvalue weighted by Crippen LogP contribution is -2.61. The zero-order valence-corrected chi connectivity index (χ0v) is 14.8. The SMILES string of the molecule is CC(C)c1cccc(C(C)C)c1OC1O[C@H](C(=O)O)[C@@H](O)[C@H](O)[C@H]1O. The molecular formula is C18H26O7. The van der Waals surface area contributed by atoms with Crippen LogP contribution >= 0.6 is 0 Å². The van der Waals surface area contributed by atoms with Crippen LogP contribution in [0.3, 0.4) is 0 Å². The van der Waals surface area contributed by atoms with Gasteiger partial charge in [0.15, 0.2) is 6.10 Å². The van der Waals surface area contributed by atoms with Gasteiger partial charge in [-0.3, -0.25) is 0 Å². The summed E-state index contributed by atoms with van der Waals surface area (Å²) < 4.78 is 11.1. The molecule has 1 aliphatic heterocycles. The number of aliphatic hydroxyl groups excluding tert-OH is 3. The number of ether oxygens (including phenoxy) is 2. The molecule has 1 saturated heterocycles. The van der Waals surface area contributed by atoms with Crippen LogP contribution in [-0.2, 0) is 9.53 Å². The number of rotatable bonds is 5. The summed E-state index contributed by atoms with van der Waals surface area (Å²) in [4.78, 5) is 11.2. The number of hydrogen-bond acceptors (Lipinski definition) is 6. The molecule has 5 atom stereocenters. The van der Waals surface area contributed by atoms with Crippen LogP contribution in [0.4, 0.5) is 0 Å². The second kappa shape index (κ2) is 7.70. The Kier molecular flexibility index (Phi) is 6.05. The summed E-state index contributed by atoms with van der Waals surface area (Å²) in [7, 11) is 0. The fourth-order valence-electron chi connectivity index (χ4n) is 2.88. The van der Waals surface area contributed by atoms with Crippen LogP contribution in [0.5, 0.6) is 5.75 Å². The standard InChI is InChI=1S/C18H26O7/c1-8(2)10-6-5-7-11(9(3)4)15(10)24-18-14(21)12(19)13(20)16(25-18)17(22)23/h5-9,12-14,16,18-21H,1-4H3,(H,22,23)/t12-,13-,14+,16-,18?/m0/s1. The van der Waals surface area contributed by atoms with Crippen molar-refractivity contribution in [1.82, 2.24) is 0 Å². The van der Waals surface area contributed by atoms with Gasteiger partial charge in [0.05, 0.1) is 0 Å². The van der Waals surface area contributed by atoms with Gasteiger partial charge in [-0.25, -0.2) is 4.79 Å². The molecule has 0 aromatic heterocycles. The number of carboxylic acid groups (broad SMARTS) is 1. The summed E-state index contributed by atoms with van der Waals surface area (Å²) in [6.07, 6.45) is -8.09. The summed E-state index contributed by atoms with van der Waals surface area (Å²) in [5.41, 5.74) is 1.77. The van der Waals surface area contributed by atoms with E-state index in [1.54, 1.807) is 0 Å². The molecule has 25 heavy (non-hydrogen) atoms. The molecule has 0 amide bonds. The van der Waals surface area contributed by atoms with Gasteiger partial charge in [0.25, 0.3) is 0 Å². The third-order valence-corrected chi connectivity index (χ3v) is 4.37. The molecule has 1 heterocycles. The molecule has 7 nitrogen and oxygen atoms in total. The highest BCUT2D eigenvalue weighted by molar-refractivity contribution is 5.73. The highest BCUT2D eigenvalue weighted by Crippen LogP contribution is 2.36. The number of hydrogen-bond donors (Lipinski definition) is 4. The van der Waals surface area contributed by atoms with Gasteiger partial charge in [-0.1, -0.05) is 45.9 Å². The fourth-order valence-corrected chi connectivity index (χ4v) is 2.88. The second-order valence-corrected chi connectivity index (χ2v) is 6.93. The fraction of sp³-hybridized carbons (Fsp3) is 0.611. The molecule has 0 saturated carbocycles. The first-order valence-corrected chi connectivity index (χ1v) is 8.37. The Balaban J connectivity index is 2.39. The molecule has 0 spiro atoms. The van der Waals surface area contributed by atoms with Gasteiger partial charge < -0.3 is 29.9 Å². The molecule has 1 fully saturated rings. The third kappa shape index (κ3) is 3.95. The van der Waals surface area contributed by atoms with Crippen molar-refractivity contribution in [3.8, 4) is 5.75 Å². The van der Waals surface area contributed by atoms with Crippen molar-refractivity contribution < 1.29 is 34.7 Å². The Labute approximate surface area is 146 Å². The highest BCUT2D eigenvalue weighted by atomic mass is 16.7. The molecule has 0 bridgehead atoms. The number of carboxylic acids is 1. The maximum absolute atomic E-state index is 11.2. The van der Waals surface area contributed by atoms with E-state index < -0.39 is 36.7 Å². The zero-order valence-electron chi connectivity index (χ0n) is 14.8.